The molecular weight excluding hydrogens is 290 g/mol. The molecular formula is C16H24ClNO3. The molecule has 1 atom stereocenters. The van der Waals surface area contributed by atoms with Gasteiger partial charge in [-0.3, -0.25) is 0 Å². The Kier molecular flexibility index (Phi) is 5.02. The number of rotatable bonds is 3. The van der Waals surface area contributed by atoms with E-state index >= 15 is 0 Å². The molecule has 2 aliphatic rings. The van der Waals surface area contributed by atoms with Gasteiger partial charge in [0.05, 0.1) is 26.9 Å². The van der Waals surface area contributed by atoms with Crippen molar-refractivity contribution in [3.05, 3.63) is 23.3 Å². The molecule has 1 heterocycles. The third-order valence-electron chi connectivity index (χ3n) is 4.93. The Hall–Kier alpha value is -0.970. The summed E-state index contributed by atoms with van der Waals surface area (Å²) in [5.74, 6) is 1.53. The number of fused-ring (bicyclic) bond motifs is 2. The van der Waals surface area contributed by atoms with Crippen LogP contribution in [0.5, 0.6) is 11.5 Å². The Morgan fingerprint density at radius 3 is 2.38 bits per heavy atom. The first-order valence-corrected chi connectivity index (χ1v) is 7.35. The molecule has 1 aliphatic carbocycles. The summed E-state index contributed by atoms with van der Waals surface area (Å²) in [5, 5.41) is 13.1. The molecule has 118 valence electrons. The molecule has 4 nitrogen and oxygen atoms in total. The first-order valence-electron chi connectivity index (χ1n) is 7.35. The average Bonchev–Trinajstić information content (AvgIpc) is 2.96. The Labute approximate surface area is 132 Å². The first kappa shape index (κ1) is 16.4. The van der Waals surface area contributed by atoms with E-state index in [1.54, 1.807) is 14.2 Å². The van der Waals surface area contributed by atoms with Crippen LogP contribution in [0.2, 0.25) is 0 Å². The molecule has 1 fully saturated rings. The second-order valence-corrected chi connectivity index (χ2v) is 5.90. The average molecular weight is 314 g/mol. The molecule has 0 radical (unpaired) electrons. The highest BCUT2D eigenvalue weighted by molar-refractivity contribution is 5.85. The zero-order valence-electron chi connectivity index (χ0n) is 12.6. The molecule has 0 bridgehead atoms. The zero-order valence-corrected chi connectivity index (χ0v) is 13.5. The highest BCUT2D eigenvalue weighted by Crippen LogP contribution is 2.48. The van der Waals surface area contributed by atoms with Gasteiger partial charge in [-0.05, 0) is 36.1 Å². The predicted molar refractivity (Wildman–Crippen MR) is 84.8 cm³/mol. The van der Waals surface area contributed by atoms with E-state index in [4.69, 9.17) is 9.47 Å². The lowest BCUT2D eigenvalue weighted by Crippen LogP contribution is -2.45. The monoisotopic (exact) mass is 313 g/mol. The van der Waals surface area contributed by atoms with Crippen molar-refractivity contribution in [3.63, 3.8) is 0 Å². The quantitative estimate of drug-likeness (QED) is 0.900. The van der Waals surface area contributed by atoms with Crippen molar-refractivity contribution in [2.45, 2.75) is 37.1 Å². The molecule has 1 saturated carbocycles. The van der Waals surface area contributed by atoms with E-state index in [9.17, 15) is 5.11 Å². The van der Waals surface area contributed by atoms with Crippen LogP contribution in [0.25, 0.3) is 0 Å². The molecule has 1 aliphatic heterocycles. The minimum absolute atomic E-state index is 0. The number of hydrogen-bond acceptors (Lipinski definition) is 4. The van der Waals surface area contributed by atoms with Crippen molar-refractivity contribution < 1.29 is 14.6 Å². The van der Waals surface area contributed by atoms with Crippen LogP contribution in [-0.2, 0) is 5.41 Å². The number of aliphatic hydroxyl groups excluding tert-OH is 1. The van der Waals surface area contributed by atoms with Crippen molar-refractivity contribution in [1.82, 2.24) is 5.32 Å². The standard InChI is InChI=1S/C16H23NO3.ClH/c1-19-14-7-11-12(8-15(14)20-2)16(5-3-4-6-16)10-17-13(11)9-18;/h7-8,13,17-18H,3-6,9-10H2,1-2H3;1H. The second-order valence-electron chi connectivity index (χ2n) is 5.90. The Bertz CT molecular complexity index is 501. The van der Waals surface area contributed by atoms with Crippen LogP contribution < -0.4 is 14.8 Å². The molecule has 2 N–H and O–H groups in total. The fourth-order valence-electron chi connectivity index (χ4n) is 3.83. The predicted octanol–water partition coefficient (Wildman–Crippen LogP) is 2.57. The molecule has 3 rings (SSSR count). The maximum absolute atomic E-state index is 9.62. The lowest BCUT2D eigenvalue weighted by atomic mass is 9.72. The summed E-state index contributed by atoms with van der Waals surface area (Å²) in [6, 6.07) is 4.15. The van der Waals surface area contributed by atoms with Gasteiger partial charge in [-0.15, -0.1) is 12.4 Å². The van der Waals surface area contributed by atoms with Gasteiger partial charge in [-0.2, -0.15) is 0 Å². The van der Waals surface area contributed by atoms with Gasteiger partial charge in [0.1, 0.15) is 0 Å². The molecule has 0 aromatic heterocycles. The van der Waals surface area contributed by atoms with Crippen molar-refractivity contribution in [2.24, 2.45) is 0 Å². The van der Waals surface area contributed by atoms with Gasteiger partial charge in [0.25, 0.3) is 0 Å². The smallest absolute Gasteiger partial charge is 0.161 e. The SMILES string of the molecule is COc1cc2c(cc1OC)C1(CCCC1)CNC2CO.Cl. The molecule has 1 spiro atoms. The number of benzene rings is 1. The first-order chi connectivity index (χ1) is 9.74. The van der Waals surface area contributed by atoms with Crippen molar-refractivity contribution in [3.8, 4) is 11.5 Å². The van der Waals surface area contributed by atoms with Crippen LogP contribution >= 0.6 is 12.4 Å². The lowest BCUT2D eigenvalue weighted by molar-refractivity contribution is 0.218. The van der Waals surface area contributed by atoms with E-state index in [1.807, 2.05) is 6.07 Å². The summed E-state index contributed by atoms with van der Waals surface area (Å²) in [4.78, 5) is 0. The van der Waals surface area contributed by atoms with E-state index in [-0.39, 0.29) is 30.5 Å². The Morgan fingerprint density at radius 1 is 1.19 bits per heavy atom. The Balaban J connectivity index is 0.00000161. The highest BCUT2D eigenvalue weighted by Gasteiger charge is 2.42. The van der Waals surface area contributed by atoms with Crippen LogP contribution in [0, 0.1) is 0 Å². The maximum Gasteiger partial charge on any atom is 0.161 e. The van der Waals surface area contributed by atoms with Gasteiger partial charge in [-0.1, -0.05) is 12.8 Å². The number of hydrogen-bond donors (Lipinski definition) is 2. The van der Waals surface area contributed by atoms with Crippen LogP contribution in [0.1, 0.15) is 42.9 Å². The fourth-order valence-corrected chi connectivity index (χ4v) is 3.83. The van der Waals surface area contributed by atoms with E-state index in [2.05, 4.69) is 11.4 Å². The van der Waals surface area contributed by atoms with E-state index in [0.29, 0.717) is 0 Å². The second kappa shape index (κ2) is 6.42. The van der Waals surface area contributed by atoms with Gasteiger partial charge in [0.15, 0.2) is 11.5 Å². The lowest BCUT2D eigenvalue weighted by Gasteiger charge is -2.40. The van der Waals surface area contributed by atoms with Crippen molar-refractivity contribution >= 4 is 12.4 Å². The minimum Gasteiger partial charge on any atom is -0.493 e. The number of methoxy groups -OCH3 is 2. The van der Waals surface area contributed by atoms with Crippen LogP contribution in [-0.4, -0.2) is 32.5 Å². The van der Waals surface area contributed by atoms with E-state index in [1.165, 1.54) is 36.8 Å². The summed E-state index contributed by atoms with van der Waals surface area (Å²) >= 11 is 0. The number of ether oxygens (including phenoxy) is 2. The van der Waals surface area contributed by atoms with Gasteiger partial charge in [-0.25, -0.2) is 0 Å². The molecule has 1 aromatic rings. The molecule has 5 heteroatoms. The van der Waals surface area contributed by atoms with Crippen molar-refractivity contribution in [2.75, 3.05) is 27.4 Å². The summed E-state index contributed by atoms with van der Waals surface area (Å²) in [5.41, 5.74) is 2.71. The number of halogens is 1. The molecule has 0 saturated heterocycles. The van der Waals surface area contributed by atoms with E-state index in [0.717, 1.165) is 18.0 Å². The zero-order chi connectivity index (χ0) is 14.2. The minimum atomic E-state index is -0.00367. The maximum atomic E-state index is 9.62. The van der Waals surface area contributed by atoms with Crippen LogP contribution in [0.3, 0.4) is 0 Å². The van der Waals surface area contributed by atoms with Gasteiger partial charge in [0, 0.05) is 12.0 Å². The molecule has 0 amide bonds. The summed E-state index contributed by atoms with van der Waals surface area (Å²) in [6.07, 6.45) is 4.97. The molecule has 21 heavy (non-hydrogen) atoms. The van der Waals surface area contributed by atoms with Gasteiger partial charge >= 0.3 is 0 Å². The third kappa shape index (κ3) is 2.60. The van der Waals surface area contributed by atoms with Crippen LogP contribution in [0.4, 0.5) is 0 Å². The van der Waals surface area contributed by atoms with Gasteiger partial charge in [0.2, 0.25) is 0 Å². The Morgan fingerprint density at radius 2 is 1.81 bits per heavy atom. The summed E-state index contributed by atoms with van der Waals surface area (Å²) in [7, 11) is 3.33. The fraction of sp³-hybridized carbons (Fsp3) is 0.625. The summed E-state index contributed by atoms with van der Waals surface area (Å²) < 4.78 is 10.9. The largest absolute Gasteiger partial charge is 0.493 e. The van der Waals surface area contributed by atoms with Gasteiger partial charge < -0.3 is 19.9 Å². The molecule has 1 unspecified atom stereocenters. The highest BCUT2D eigenvalue weighted by atomic mass is 35.5. The topological polar surface area (TPSA) is 50.7 Å². The third-order valence-corrected chi connectivity index (χ3v) is 4.93. The van der Waals surface area contributed by atoms with Crippen LogP contribution in [0.15, 0.2) is 12.1 Å². The normalized spacial score (nSPS) is 22.5. The number of nitrogens with one attached hydrogen (secondary N) is 1. The molecule has 1 aromatic carbocycles. The van der Waals surface area contributed by atoms with Crippen molar-refractivity contribution in [1.29, 1.82) is 0 Å². The number of aliphatic hydroxyl groups is 1. The summed E-state index contributed by atoms with van der Waals surface area (Å²) in [6.45, 7) is 1.05. The van der Waals surface area contributed by atoms with E-state index < -0.39 is 0 Å².